The smallest absolute Gasteiger partial charge is 0.167 e. The number of oxime groups is 1. The van der Waals surface area contributed by atoms with Crippen molar-refractivity contribution in [1.29, 1.82) is 0 Å². The van der Waals surface area contributed by atoms with E-state index in [9.17, 15) is 5.21 Å². The maximum atomic E-state index is 9.26. The van der Waals surface area contributed by atoms with Crippen LogP contribution in [0.2, 0.25) is 0 Å². The minimum atomic E-state index is 0.292. The average Bonchev–Trinajstić information content (AvgIpc) is 3.11. The van der Waals surface area contributed by atoms with Crippen LogP contribution >= 0.6 is 11.8 Å². The van der Waals surface area contributed by atoms with E-state index in [1.165, 1.54) is 24.8 Å². The molecule has 0 aliphatic heterocycles. The molecule has 0 unspecified atom stereocenters. The third kappa shape index (κ3) is 1.84. The van der Waals surface area contributed by atoms with Gasteiger partial charge < -0.3 is 10.2 Å². The molecule has 104 valence electrons. The van der Waals surface area contributed by atoms with Crippen LogP contribution < -0.4 is 0 Å². The minimum Gasteiger partial charge on any atom is -0.411 e. The summed E-state index contributed by atoms with van der Waals surface area (Å²) in [5.41, 5.74) is 4.29. The first-order valence-electron chi connectivity index (χ1n) is 7.09. The summed E-state index contributed by atoms with van der Waals surface area (Å²) in [6.07, 6.45) is 3.61. The molecule has 5 heteroatoms. The summed E-state index contributed by atoms with van der Waals surface area (Å²) < 4.78 is 0. The molecule has 2 N–H and O–H groups in total. The number of benzene rings is 1. The molecule has 0 amide bonds. The lowest BCUT2D eigenvalue weighted by atomic mass is 9.98. The second-order valence-corrected chi connectivity index (χ2v) is 7.03. The van der Waals surface area contributed by atoms with Gasteiger partial charge in [0.15, 0.2) is 5.16 Å². The van der Waals surface area contributed by atoms with E-state index in [1.807, 2.05) is 6.07 Å². The molecule has 1 heterocycles. The first-order chi connectivity index (χ1) is 9.74. The van der Waals surface area contributed by atoms with Crippen molar-refractivity contribution >= 4 is 28.5 Å². The molecule has 2 aromatic rings. The quantitative estimate of drug-likeness (QED) is 0.655. The average molecular weight is 287 g/mol. The van der Waals surface area contributed by atoms with Crippen molar-refractivity contribution in [2.45, 2.75) is 36.6 Å². The summed E-state index contributed by atoms with van der Waals surface area (Å²) in [5, 5.41) is 14.1. The van der Waals surface area contributed by atoms with Gasteiger partial charge in [0, 0.05) is 5.92 Å². The van der Waals surface area contributed by atoms with Crippen molar-refractivity contribution in [2.75, 3.05) is 0 Å². The van der Waals surface area contributed by atoms with E-state index in [0.717, 1.165) is 21.9 Å². The number of nitrogens with zero attached hydrogens (tertiary/aromatic N) is 2. The molecule has 0 saturated heterocycles. The van der Waals surface area contributed by atoms with Gasteiger partial charge in [-0.05, 0) is 49.8 Å². The first kappa shape index (κ1) is 12.3. The number of hydrogen-bond donors (Lipinski definition) is 2. The van der Waals surface area contributed by atoms with Crippen LogP contribution in [0.5, 0.6) is 0 Å². The first-order valence-corrected chi connectivity index (χ1v) is 7.97. The molecule has 0 radical (unpaired) electrons. The summed E-state index contributed by atoms with van der Waals surface area (Å²) in [6, 6.07) is 6.25. The van der Waals surface area contributed by atoms with Gasteiger partial charge in [-0.2, -0.15) is 0 Å². The van der Waals surface area contributed by atoms with Crippen LogP contribution in [0.3, 0.4) is 0 Å². The number of fused-ring (bicyclic) bond motifs is 3. The molecule has 1 aromatic carbocycles. The van der Waals surface area contributed by atoms with E-state index in [0.29, 0.717) is 17.1 Å². The van der Waals surface area contributed by atoms with Crippen molar-refractivity contribution in [2.24, 2.45) is 17.0 Å². The van der Waals surface area contributed by atoms with E-state index in [2.05, 4.69) is 34.2 Å². The fourth-order valence-electron chi connectivity index (χ4n) is 3.61. The van der Waals surface area contributed by atoms with Gasteiger partial charge in [0.2, 0.25) is 0 Å². The zero-order valence-electron chi connectivity index (χ0n) is 11.3. The van der Waals surface area contributed by atoms with Gasteiger partial charge in [-0.15, -0.1) is 0 Å². The highest BCUT2D eigenvalue weighted by atomic mass is 32.2. The van der Waals surface area contributed by atoms with Crippen molar-refractivity contribution in [1.82, 2.24) is 9.97 Å². The third-order valence-electron chi connectivity index (χ3n) is 4.58. The summed E-state index contributed by atoms with van der Waals surface area (Å²) in [5.74, 6) is 1.14. The molecule has 4 rings (SSSR count). The van der Waals surface area contributed by atoms with Crippen LogP contribution in [0.15, 0.2) is 28.5 Å². The Balaban J connectivity index is 1.64. The Labute approximate surface area is 121 Å². The molecule has 2 aliphatic carbocycles. The Morgan fingerprint density at radius 3 is 3.15 bits per heavy atom. The molecule has 2 saturated carbocycles. The van der Waals surface area contributed by atoms with Gasteiger partial charge in [-0.25, -0.2) is 4.98 Å². The van der Waals surface area contributed by atoms with Crippen molar-refractivity contribution in [3.05, 3.63) is 23.8 Å². The van der Waals surface area contributed by atoms with Gasteiger partial charge in [0.05, 0.1) is 22.0 Å². The summed E-state index contributed by atoms with van der Waals surface area (Å²) in [4.78, 5) is 8.02. The van der Waals surface area contributed by atoms with E-state index in [-0.39, 0.29) is 0 Å². The second-order valence-electron chi connectivity index (χ2n) is 5.90. The number of hydrogen-bond acceptors (Lipinski definition) is 4. The number of H-pyrrole nitrogens is 1. The van der Waals surface area contributed by atoms with E-state index < -0.39 is 0 Å². The number of rotatable bonds is 2. The standard InChI is InChI=1S/C15H17N3OS/c1-8-2-5-11-12(6-8)17-15(16-11)20-14-10-4-3-9(7-10)13(14)18-19/h2,5-6,9-10,14,19H,3-4,7H2,1H3,(H,16,17)/b18-13+/t9-,10+,14-/m0/s1. The third-order valence-corrected chi connectivity index (χ3v) is 5.88. The fourth-order valence-corrected chi connectivity index (χ4v) is 4.97. The highest BCUT2D eigenvalue weighted by Gasteiger charge is 2.46. The number of thioether (sulfide) groups is 1. The van der Waals surface area contributed by atoms with Crippen molar-refractivity contribution in [3.8, 4) is 0 Å². The van der Waals surface area contributed by atoms with Gasteiger partial charge in [0.25, 0.3) is 0 Å². The summed E-state index contributed by atoms with van der Waals surface area (Å²) in [7, 11) is 0. The molecular weight excluding hydrogens is 270 g/mol. The number of imidazole rings is 1. The normalized spacial score (nSPS) is 30.6. The Bertz CT molecular complexity index is 693. The SMILES string of the molecule is Cc1ccc2nc(S[C@@H]3/C(=N/O)[C@H]4CC[C@@H]3C4)[nH]c2c1. The number of aromatic nitrogens is 2. The maximum absolute atomic E-state index is 9.26. The summed E-state index contributed by atoms with van der Waals surface area (Å²) >= 11 is 1.72. The monoisotopic (exact) mass is 287 g/mol. The predicted octanol–water partition coefficient (Wildman–Crippen LogP) is 3.59. The zero-order chi connectivity index (χ0) is 13.7. The lowest BCUT2D eigenvalue weighted by Gasteiger charge is -2.20. The highest BCUT2D eigenvalue weighted by molar-refractivity contribution is 8.00. The summed E-state index contributed by atoms with van der Waals surface area (Å²) in [6.45, 7) is 2.08. The van der Waals surface area contributed by atoms with E-state index in [1.54, 1.807) is 11.8 Å². The maximum Gasteiger partial charge on any atom is 0.167 e. The van der Waals surface area contributed by atoms with E-state index >= 15 is 0 Å². The molecule has 4 nitrogen and oxygen atoms in total. The van der Waals surface area contributed by atoms with Gasteiger partial charge in [0.1, 0.15) is 0 Å². The van der Waals surface area contributed by atoms with Gasteiger partial charge in [-0.3, -0.25) is 0 Å². The molecule has 20 heavy (non-hydrogen) atoms. The van der Waals surface area contributed by atoms with Gasteiger partial charge >= 0.3 is 0 Å². The second kappa shape index (κ2) is 4.52. The molecule has 1 aromatic heterocycles. The Hall–Kier alpha value is -1.49. The van der Waals surface area contributed by atoms with Crippen LogP contribution in [-0.2, 0) is 0 Å². The predicted molar refractivity (Wildman–Crippen MR) is 80.5 cm³/mol. The number of aromatic amines is 1. The van der Waals surface area contributed by atoms with Crippen LogP contribution in [0.4, 0.5) is 0 Å². The lowest BCUT2D eigenvalue weighted by molar-refractivity contribution is 0.314. The topological polar surface area (TPSA) is 61.3 Å². The number of nitrogens with one attached hydrogen (secondary N) is 1. The number of aryl methyl sites for hydroxylation is 1. The molecule has 2 fully saturated rings. The lowest BCUT2D eigenvalue weighted by Crippen LogP contribution is -2.25. The van der Waals surface area contributed by atoms with Crippen LogP contribution in [0, 0.1) is 18.8 Å². The highest BCUT2D eigenvalue weighted by Crippen LogP contribution is 2.49. The largest absolute Gasteiger partial charge is 0.411 e. The van der Waals surface area contributed by atoms with Crippen LogP contribution in [0.25, 0.3) is 11.0 Å². The van der Waals surface area contributed by atoms with Gasteiger partial charge in [-0.1, -0.05) is 23.0 Å². The van der Waals surface area contributed by atoms with Crippen LogP contribution in [-0.4, -0.2) is 26.1 Å². The Morgan fingerprint density at radius 2 is 2.30 bits per heavy atom. The Kier molecular flexibility index (Phi) is 2.77. The minimum absolute atomic E-state index is 0.292. The molecule has 3 atom stereocenters. The molecule has 2 aliphatic rings. The molecule has 0 spiro atoms. The Morgan fingerprint density at radius 1 is 1.40 bits per heavy atom. The molecular formula is C15H17N3OS. The van der Waals surface area contributed by atoms with Crippen molar-refractivity contribution in [3.63, 3.8) is 0 Å². The zero-order valence-corrected chi connectivity index (χ0v) is 12.2. The molecule has 2 bridgehead atoms. The van der Waals surface area contributed by atoms with Crippen LogP contribution in [0.1, 0.15) is 24.8 Å². The fraction of sp³-hybridized carbons (Fsp3) is 0.467. The van der Waals surface area contributed by atoms with Crippen molar-refractivity contribution < 1.29 is 5.21 Å². The van der Waals surface area contributed by atoms with E-state index in [4.69, 9.17) is 0 Å².